The molecule has 5 heterocycles. The van der Waals surface area contributed by atoms with Gasteiger partial charge >= 0.3 is 0 Å². The van der Waals surface area contributed by atoms with Crippen molar-refractivity contribution in [3.05, 3.63) is 24.0 Å². The lowest BCUT2D eigenvalue weighted by molar-refractivity contribution is 0.102. The first-order valence-corrected chi connectivity index (χ1v) is 10.1. The van der Waals surface area contributed by atoms with E-state index in [1.54, 1.807) is 12.4 Å². The summed E-state index contributed by atoms with van der Waals surface area (Å²) in [5.41, 5.74) is 7.81. The Morgan fingerprint density at radius 3 is 3.10 bits per heavy atom. The third-order valence-corrected chi connectivity index (χ3v) is 6.04. The number of nitrogen functional groups attached to an aromatic ring is 1. The third kappa shape index (κ3) is 3.27. The zero-order valence-corrected chi connectivity index (χ0v) is 16.1. The second-order valence-corrected chi connectivity index (χ2v) is 7.89. The van der Waals surface area contributed by atoms with Gasteiger partial charge in [-0.1, -0.05) is 0 Å². The van der Waals surface area contributed by atoms with Crippen molar-refractivity contribution in [3.63, 3.8) is 0 Å². The number of piperazine rings is 1. The molecule has 9 nitrogen and oxygen atoms in total. The predicted molar refractivity (Wildman–Crippen MR) is 109 cm³/mol. The molecule has 2 atom stereocenters. The van der Waals surface area contributed by atoms with Crippen molar-refractivity contribution in [3.8, 4) is 0 Å². The molecule has 29 heavy (non-hydrogen) atoms. The van der Waals surface area contributed by atoms with Crippen LogP contribution in [0.5, 0.6) is 0 Å². The first kappa shape index (κ1) is 18.2. The van der Waals surface area contributed by atoms with Crippen molar-refractivity contribution in [2.75, 3.05) is 54.0 Å². The van der Waals surface area contributed by atoms with Crippen LogP contribution < -0.4 is 21.3 Å². The smallest absolute Gasteiger partial charge is 0.263 e. The molecule has 0 bridgehead atoms. The minimum absolute atomic E-state index is 0.0869. The summed E-state index contributed by atoms with van der Waals surface area (Å²) in [6.07, 6.45) is 4.80. The van der Waals surface area contributed by atoms with E-state index < -0.39 is 6.17 Å². The van der Waals surface area contributed by atoms with Crippen LogP contribution in [0.2, 0.25) is 0 Å². The SMILES string of the molecule is Nc1nn2c(c1C(=O)Nc1cnccc1N1CCN3CCC[C@H]3C1)NCC(F)C2. The van der Waals surface area contributed by atoms with E-state index in [1.807, 2.05) is 6.07 Å². The number of rotatable bonds is 3. The maximum Gasteiger partial charge on any atom is 0.263 e. The molecule has 3 aliphatic heterocycles. The van der Waals surface area contributed by atoms with Crippen molar-refractivity contribution in [1.82, 2.24) is 19.7 Å². The average molecular weight is 400 g/mol. The Hall–Kier alpha value is -2.88. The molecule has 2 fully saturated rings. The number of alkyl halides is 1. The summed E-state index contributed by atoms with van der Waals surface area (Å²) in [6.45, 7) is 4.28. The number of nitrogens with two attached hydrogens (primary N) is 1. The number of carbonyl (C=O) groups is 1. The Balaban J connectivity index is 1.39. The van der Waals surface area contributed by atoms with E-state index in [4.69, 9.17) is 5.73 Å². The highest BCUT2D eigenvalue weighted by Crippen LogP contribution is 2.32. The zero-order chi connectivity index (χ0) is 20.0. The second kappa shape index (κ2) is 7.18. The Morgan fingerprint density at radius 2 is 2.21 bits per heavy atom. The summed E-state index contributed by atoms with van der Waals surface area (Å²) in [4.78, 5) is 22.1. The molecule has 1 unspecified atom stereocenters. The number of hydrogen-bond donors (Lipinski definition) is 3. The maximum atomic E-state index is 13.6. The third-order valence-electron chi connectivity index (χ3n) is 6.04. The number of amides is 1. The quantitative estimate of drug-likeness (QED) is 0.710. The van der Waals surface area contributed by atoms with E-state index in [0.717, 1.165) is 25.3 Å². The molecule has 2 saturated heterocycles. The summed E-state index contributed by atoms with van der Waals surface area (Å²) in [5, 5.41) is 9.99. The van der Waals surface area contributed by atoms with Gasteiger partial charge in [-0.05, 0) is 25.5 Å². The van der Waals surface area contributed by atoms with Gasteiger partial charge < -0.3 is 21.3 Å². The standard InChI is InChI=1S/C19H25FN8O/c20-12-8-23-18-16(17(21)25-28(18)10-12)19(29)24-14-9-22-4-3-15(14)27-7-6-26-5-1-2-13(26)11-27/h3-4,9,12-13,23H,1-2,5-8,10-11H2,(H2,21,25)(H,24,29)/t12?,13-/m0/s1. The minimum Gasteiger partial charge on any atom is -0.381 e. The highest BCUT2D eigenvalue weighted by molar-refractivity contribution is 6.11. The van der Waals surface area contributed by atoms with Gasteiger partial charge in [0, 0.05) is 38.4 Å². The molecule has 0 saturated carbocycles. The highest BCUT2D eigenvalue weighted by Gasteiger charge is 2.32. The normalized spacial score (nSPS) is 24.0. The number of aromatic nitrogens is 3. The van der Waals surface area contributed by atoms with Gasteiger partial charge in [-0.15, -0.1) is 0 Å². The lowest BCUT2D eigenvalue weighted by atomic mass is 10.1. The number of anilines is 4. The molecule has 0 spiro atoms. The van der Waals surface area contributed by atoms with Crippen LogP contribution in [0.1, 0.15) is 23.2 Å². The number of halogens is 1. The van der Waals surface area contributed by atoms with Crippen molar-refractivity contribution in [2.24, 2.45) is 0 Å². The molecule has 4 N–H and O–H groups in total. The number of nitrogens with one attached hydrogen (secondary N) is 2. The lowest BCUT2D eigenvalue weighted by Crippen LogP contribution is -2.50. The monoisotopic (exact) mass is 400 g/mol. The fourth-order valence-corrected chi connectivity index (χ4v) is 4.63. The van der Waals surface area contributed by atoms with Gasteiger partial charge in [-0.2, -0.15) is 5.10 Å². The lowest BCUT2D eigenvalue weighted by Gasteiger charge is -2.39. The van der Waals surface area contributed by atoms with Crippen LogP contribution in [-0.4, -0.2) is 70.5 Å². The Kier molecular flexibility index (Phi) is 4.50. The van der Waals surface area contributed by atoms with E-state index in [1.165, 1.54) is 24.1 Å². The van der Waals surface area contributed by atoms with Crippen LogP contribution in [0.4, 0.5) is 27.4 Å². The largest absolute Gasteiger partial charge is 0.381 e. The van der Waals surface area contributed by atoms with Crippen LogP contribution in [0, 0.1) is 0 Å². The molecule has 0 aromatic carbocycles. The van der Waals surface area contributed by atoms with E-state index in [9.17, 15) is 9.18 Å². The van der Waals surface area contributed by atoms with Gasteiger partial charge in [0.15, 0.2) is 5.82 Å². The Morgan fingerprint density at radius 1 is 1.31 bits per heavy atom. The fraction of sp³-hybridized carbons (Fsp3) is 0.526. The van der Waals surface area contributed by atoms with Crippen LogP contribution in [0.25, 0.3) is 0 Å². The predicted octanol–water partition coefficient (Wildman–Crippen LogP) is 1.16. The highest BCUT2D eigenvalue weighted by atomic mass is 19.1. The maximum absolute atomic E-state index is 13.6. The molecule has 10 heteroatoms. The van der Waals surface area contributed by atoms with E-state index in [-0.39, 0.29) is 30.4 Å². The number of fused-ring (bicyclic) bond motifs is 2. The summed E-state index contributed by atoms with van der Waals surface area (Å²) in [5.74, 6) is 0.172. The van der Waals surface area contributed by atoms with Gasteiger partial charge in [0.1, 0.15) is 17.6 Å². The molecule has 0 radical (unpaired) electrons. The van der Waals surface area contributed by atoms with Crippen molar-refractivity contribution in [1.29, 1.82) is 0 Å². The summed E-state index contributed by atoms with van der Waals surface area (Å²) < 4.78 is 15.0. The summed E-state index contributed by atoms with van der Waals surface area (Å²) in [7, 11) is 0. The number of pyridine rings is 1. The second-order valence-electron chi connectivity index (χ2n) is 7.89. The molecule has 2 aromatic rings. The molecule has 0 aliphatic carbocycles. The number of hydrogen-bond acceptors (Lipinski definition) is 7. The summed E-state index contributed by atoms with van der Waals surface area (Å²) in [6, 6.07) is 2.50. The van der Waals surface area contributed by atoms with Gasteiger partial charge in [0.2, 0.25) is 0 Å². The van der Waals surface area contributed by atoms with Crippen LogP contribution >= 0.6 is 0 Å². The number of carbonyl (C=O) groups excluding carboxylic acids is 1. The van der Waals surface area contributed by atoms with Crippen molar-refractivity contribution in [2.45, 2.75) is 31.6 Å². The summed E-state index contributed by atoms with van der Waals surface area (Å²) >= 11 is 0. The molecule has 154 valence electrons. The van der Waals surface area contributed by atoms with Crippen molar-refractivity contribution < 1.29 is 9.18 Å². The van der Waals surface area contributed by atoms with Crippen LogP contribution in [0.3, 0.4) is 0 Å². The molecule has 2 aromatic heterocycles. The van der Waals surface area contributed by atoms with E-state index >= 15 is 0 Å². The molecule has 1 amide bonds. The van der Waals surface area contributed by atoms with Crippen molar-refractivity contribution >= 4 is 28.9 Å². The van der Waals surface area contributed by atoms with Gasteiger partial charge in [-0.3, -0.25) is 14.7 Å². The molecular weight excluding hydrogens is 375 g/mol. The minimum atomic E-state index is -1.06. The van der Waals surface area contributed by atoms with E-state index in [0.29, 0.717) is 17.5 Å². The van der Waals surface area contributed by atoms with Gasteiger partial charge in [0.05, 0.1) is 24.1 Å². The molecular formula is C19H25FN8O. The molecule has 3 aliphatic rings. The van der Waals surface area contributed by atoms with Crippen LogP contribution in [-0.2, 0) is 6.54 Å². The Bertz CT molecular complexity index is 931. The number of nitrogens with zero attached hydrogens (tertiary/aromatic N) is 5. The van der Waals surface area contributed by atoms with Gasteiger partial charge in [0.25, 0.3) is 5.91 Å². The average Bonchev–Trinajstić information content (AvgIpc) is 3.30. The first-order valence-electron chi connectivity index (χ1n) is 10.1. The first-order chi connectivity index (χ1) is 14.1. The van der Waals surface area contributed by atoms with Gasteiger partial charge in [-0.25, -0.2) is 9.07 Å². The zero-order valence-electron chi connectivity index (χ0n) is 16.1. The fourth-order valence-electron chi connectivity index (χ4n) is 4.63. The van der Waals surface area contributed by atoms with Crippen LogP contribution in [0.15, 0.2) is 18.5 Å². The topological polar surface area (TPSA) is 104 Å². The molecule has 5 rings (SSSR count). The van der Waals surface area contributed by atoms with E-state index in [2.05, 4.69) is 30.5 Å². The Labute approximate surface area is 168 Å².